The Labute approximate surface area is 91.8 Å². The Hall–Kier alpha value is -0.610. The molecule has 0 spiro atoms. The first kappa shape index (κ1) is 12.5. The van der Waals surface area contributed by atoms with Crippen LogP contribution in [-0.4, -0.2) is 38.3 Å². The number of ether oxygens (including phenoxy) is 1. The first-order chi connectivity index (χ1) is 6.90. The van der Waals surface area contributed by atoms with E-state index in [0.717, 1.165) is 19.5 Å². The second-order valence-electron chi connectivity index (χ2n) is 5.26. The standard InChI is InChI=1S/C11H22N2O2/c1-10(2,8-15-4)13-9(14)11(3)5-6-12-7-11/h12H,5-8H2,1-4H3,(H,13,14). The van der Waals surface area contributed by atoms with Gasteiger partial charge in [0, 0.05) is 13.7 Å². The van der Waals surface area contributed by atoms with E-state index < -0.39 is 0 Å². The highest BCUT2D eigenvalue weighted by Crippen LogP contribution is 2.25. The molecule has 1 heterocycles. The molecule has 1 atom stereocenters. The Balaban J connectivity index is 2.54. The minimum atomic E-state index is -0.294. The molecule has 2 N–H and O–H groups in total. The predicted molar refractivity (Wildman–Crippen MR) is 59.7 cm³/mol. The topological polar surface area (TPSA) is 50.4 Å². The Bertz CT molecular complexity index is 233. The van der Waals surface area contributed by atoms with E-state index in [2.05, 4.69) is 10.6 Å². The van der Waals surface area contributed by atoms with Gasteiger partial charge in [0.2, 0.25) is 5.91 Å². The molecule has 1 aliphatic heterocycles. The van der Waals surface area contributed by atoms with Gasteiger partial charge in [-0.3, -0.25) is 4.79 Å². The number of hydrogen-bond donors (Lipinski definition) is 2. The lowest BCUT2D eigenvalue weighted by molar-refractivity contribution is -0.131. The SMILES string of the molecule is COCC(C)(C)NC(=O)C1(C)CCNC1. The van der Waals surface area contributed by atoms with Gasteiger partial charge >= 0.3 is 0 Å². The summed E-state index contributed by atoms with van der Waals surface area (Å²) in [5.74, 6) is 0.120. The Morgan fingerprint density at radius 1 is 1.60 bits per heavy atom. The van der Waals surface area contributed by atoms with E-state index in [1.807, 2.05) is 20.8 Å². The number of hydrogen-bond acceptors (Lipinski definition) is 3. The van der Waals surface area contributed by atoms with Crippen LogP contribution in [-0.2, 0) is 9.53 Å². The van der Waals surface area contributed by atoms with Crippen molar-refractivity contribution in [3.63, 3.8) is 0 Å². The van der Waals surface area contributed by atoms with Crippen LogP contribution in [0.2, 0.25) is 0 Å². The number of nitrogens with one attached hydrogen (secondary N) is 2. The van der Waals surface area contributed by atoms with E-state index in [4.69, 9.17) is 4.74 Å². The zero-order valence-corrected chi connectivity index (χ0v) is 10.1. The van der Waals surface area contributed by atoms with Crippen molar-refractivity contribution in [2.75, 3.05) is 26.8 Å². The Kier molecular flexibility index (Phi) is 3.73. The van der Waals surface area contributed by atoms with Crippen molar-refractivity contribution in [3.05, 3.63) is 0 Å². The third kappa shape index (κ3) is 3.18. The van der Waals surface area contributed by atoms with Gasteiger partial charge in [-0.2, -0.15) is 0 Å². The molecule has 0 bridgehead atoms. The van der Waals surface area contributed by atoms with Crippen LogP contribution in [0.5, 0.6) is 0 Å². The summed E-state index contributed by atoms with van der Waals surface area (Å²) in [6.07, 6.45) is 0.905. The fourth-order valence-corrected chi connectivity index (χ4v) is 1.87. The highest BCUT2D eigenvalue weighted by atomic mass is 16.5. The number of methoxy groups -OCH3 is 1. The zero-order chi connectivity index (χ0) is 11.5. The summed E-state index contributed by atoms with van der Waals surface area (Å²) in [7, 11) is 1.65. The predicted octanol–water partition coefficient (Wildman–Crippen LogP) is 0.527. The van der Waals surface area contributed by atoms with Crippen molar-refractivity contribution in [1.29, 1.82) is 0 Å². The smallest absolute Gasteiger partial charge is 0.227 e. The molecule has 1 aliphatic rings. The molecule has 1 fully saturated rings. The van der Waals surface area contributed by atoms with Crippen LogP contribution in [0, 0.1) is 5.41 Å². The van der Waals surface area contributed by atoms with E-state index in [-0.39, 0.29) is 16.9 Å². The largest absolute Gasteiger partial charge is 0.382 e. The monoisotopic (exact) mass is 214 g/mol. The molecule has 0 aromatic rings. The van der Waals surface area contributed by atoms with Crippen molar-refractivity contribution >= 4 is 5.91 Å². The number of carbonyl (C=O) groups is 1. The number of rotatable bonds is 4. The molecule has 0 aliphatic carbocycles. The van der Waals surface area contributed by atoms with Crippen molar-refractivity contribution in [3.8, 4) is 0 Å². The van der Waals surface area contributed by atoms with Gasteiger partial charge < -0.3 is 15.4 Å². The first-order valence-electron chi connectivity index (χ1n) is 5.42. The van der Waals surface area contributed by atoms with E-state index in [1.54, 1.807) is 7.11 Å². The molecular weight excluding hydrogens is 192 g/mol. The summed E-state index contributed by atoms with van der Waals surface area (Å²) in [6.45, 7) is 8.17. The molecule has 88 valence electrons. The lowest BCUT2D eigenvalue weighted by Crippen LogP contribution is -2.52. The molecule has 0 aromatic heterocycles. The van der Waals surface area contributed by atoms with E-state index in [1.165, 1.54) is 0 Å². The molecule has 1 amide bonds. The Morgan fingerprint density at radius 3 is 2.73 bits per heavy atom. The highest BCUT2D eigenvalue weighted by Gasteiger charge is 2.38. The maximum Gasteiger partial charge on any atom is 0.227 e. The molecule has 4 heteroatoms. The van der Waals surface area contributed by atoms with Crippen LogP contribution in [0.4, 0.5) is 0 Å². The summed E-state index contributed by atoms with van der Waals surface area (Å²) in [5, 5.41) is 6.26. The van der Waals surface area contributed by atoms with Gasteiger partial charge in [0.05, 0.1) is 17.6 Å². The van der Waals surface area contributed by atoms with Gasteiger partial charge in [0.1, 0.15) is 0 Å². The normalized spacial score (nSPS) is 26.7. The second kappa shape index (κ2) is 4.49. The molecule has 4 nitrogen and oxygen atoms in total. The van der Waals surface area contributed by atoms with Gasteiger partial charge in [-0.25, -0.2) is 0 Å². The van der Waals surface area contributed by atoms with E-state index >= 15 is 0 Å². The van der Waals surface area contributed by atoms with Gasteiger partial charge in [0.15, 0.2) is 0 Å². The molecule has 0 saturated carbocycles. The highest BCUT2D eigenvalue weighted by molar-refractivity contribution is 5.83. The third-order valence-corrected chi connectivity index (χ3v) is 2.87. The third-order valence-electron chi connectivity index (χ3n) is 2.87. The minimum absolute atomic E-state index is 0.120. The van der Waals surface area contributed by atoms with Crippen LogP contribution < -0.4 is 10.6 Å². The van der Waals surface area contributed by atoms with Crippen molar-refractivity contribution in [2.24, 2.45) is 5.41 Å². The van der Waals surface area contributed by atoms with Crippen LogP contribution in [0.25, 0.3) is 0 Å². The quantitative estimate of drug-likeness (QED) is 0.717. The van der Waals surface area contributed by atoms with E-state index in [0.29, 0.717) is 6.61 Å². The fraction of sp³-hybridized carbons (Fsp3) is 0.909. The van der Waals surface area contributed by atoms with Gasteiger partial charge in [-0.15, -0.1) is 0 Å². The number of carbonyl (C=O) groups excluding carboxylic acids is 1. The Morgan fingerprint density at radius 2 is 2.27 bits per heavy atom. The summed E-state index contributed by atoms with van der Waals surface area (Å²) in [5.41, 5.74) is -0.553. The fourth-order valence-electron chi connectivity index (χ4n) is 1.87. The summed E-state index contributed by atoms with van der Waals surface area (Å²) in [4.78, 5) is 12.1. The summed E-state index contributed by atoms with van der Waals surface area (Å²) < 4.78 is 5.07. The van der Waals surface area contributed by atoms with Crippen LogP contribution in [0.1, 0.15) is 27.2 Å². The summed E-state index contributed by atoms with van der Waals surface area (Å²) >= 11 is 0. The molecule has 1 unspecified atom stereocenters. The molecule has 1 saturated heterocycles. The number of amides is 1. The van der Waals surface area contributed by atoms with E-state index in [9.17, 15) is 4.79 Å². The molecule has 0 aromatic carbocycles. The van der Waals surface area contributed by atoms with Gasteiger partial charge in [-0.05, 0) is 33.7 Å². The van der Waals surface area contributed by atoms with Crippen LogP contribution in [0.15, 0.2) is 0 Å². The van der Waals surface area contributed by atoms with Crippen LogP contribution in [0.3, 0.4) is 0 Å². The lowest BCUT2D eigenvalue weighted by Gasteiger charge is -2.30. The van der Waals surface area contributed by atoms with Crippen molar-refractivity contribution in [1.82, 2.24) is 10.6 Å². The van der Waals surface area contributed by atoms with Gasteiger partial charge in [-0.1, -0.05) is 0 Å². The maximum absolute atomic E-state index is 12.1. The molecular formula is C11H22N2O2. The van der Waals surface area contributed by atoms with Crippen molar-refractivity contribution < 1.29 is 9.53 Å². The second-order valence-corrected chi connectivity index (χ2v) is 5.26. The minimum Gasteiger partial charge on any atom is -0.382 e. The first-order valence-corrected chi connectivity index (χ1v) is 5.42. The molecule has 1 rings (SSSR count). The lowest BCUT2D eigenvalue weighted by atomic mass is 9.87. The van der Waals surface area contributed by atoms with Crippen LogP contribution >= 0.6 is 0 Å². The maximum atomic E-state index is 12.1. The average Bonchev–Trinajstić information content (AvgIpc) is 2.52. The molecule has 0 radical (unpaired) electrons. The molecule has 15 heavy (non-hydrogen) atoms. The van der Waals surface area contributed by atoms with Crippen molar-refractivity contribution in [2.45, 2.75) is 32.7 Å². The van der Waals surface area contributed by atoms with Gasteiger partial charge in [0.25, 0.3) is 0 Å². The average molecular weight is 214 g/mol. The summed E-state index contributed by atoms with van der Waals surface area (Å²) in [6, 6.07) is 0. The zero-order valence-electron chi connectivity index (χ0n) is 10.1.